The third kappa shape index (κ3) is 2.63. The molecule has 0 aliphatic carbocycles. The van der Waals surface area contributed by atoms with Gasteiger partial charge in [-0.25, -0.2) is 0 Å². The van der Waals surface area contributed by atoms with Crippen molar-refractivity contribution in [2.75, 3.05) is 23.5 Å². The maximum absolute atomic E-state index is 11.5. The van der Waals surface area contributed by atoms with Crippen LogP contribution in [0.5, 0.6) is 5.75 Å². The van der Waals surface area contributed by atoms with Crippen LogP contribution in [0.2, 0.25) is 0 Å². The molecule has 0 bridgehead atoms. The minimum atomic E-state index is 0.0375. The van der Waals surface area contributed by atoms with E-state index >= 15 is 0 Å². The minimum Gasteiger partial charge on any atom is -0.495 e. The second kappa shape index (κ2) is 5.36. The first-order valence-electron chi connectivity index (χ1n) is 6.79. The molecule has 0 spiro atoms. The standard InChI is InChI=1S/C16H17N3O2/c1-21-15-5-3-2-4-12(15)18-14-9-13-10(8-11(14)17)6-7-16(20)19-13/h2-5,8-9,18H,6-7,17H2,1H3,(H,19,20). The predicted octanol–water partition coefficient (Wildman–Crippen LogP) is 2.91. The number of rotatable bonds is 3. The first-order chi connectivity index (χ1) is 10.2. The van der Waals surface area contributed by atoms with Crippen LogP contribution in [0.4, 0.5) is 22.7 Å². The van der Waals surface area contributed by atoms with E-state index in [0.717, 1.165) is 34.8 Å². The number of amides is 1. The Kier molecular flexibility index (Phi) is 3.39. The number of benzene rings is 2. The molecular formula is C16H17N3O2. The number of aryl methyl sites for hydroxylation is 1. The minimum absolute atomic E-state index is 0.0375. The highest BCUT2D eigenvalue weighted by Crippen LogP contribution is 2.35. The van der Waals surface area contributed by atoms with Crippen molar-refractivity contribution >= 4 is 28.7 Å². The topological polar surface area (TPSA) is 76.4 Å². The van der Waals surface area contributed by atoms with E-state index in [0.29, 0.717) is 12.1 Å². The van der Waals surface area contributed by atoms with E-state index in [9.17, 15) is 4.79 Å². The van der Waals surface area contributed by atoms with E-state index in [4.69, 9.17) is 10.5 Å². The third-order valence-electron chi connectivity index (χ3n) is 3.55. The summed E-state index contributed by atoms with van der Waals surface area (Å²) in [6.07, 6.45) is 1.23. The van der Waals surface area contributed by atoms with E-state index in [-0.39, 0.29) is 5.91 Å². The van der Waals surface area contributed by atoms with Gasteiger partial charge in [0.1, 0.15) is 5.75 Å². The maximum atomic E-state index is 11.5. The average molecular weight is 283 g/mol. The Morgan fingerprint density at radius 3 is 2.81 bits per heavy atom. The monoisotopic (exact) mass is 283 g/mol. The van der Waals surface area contributed by atoms with E-state index in [1.807, 2.05) is 36.4 Å². The van der Waals surface area contributed by atoms with Crippen LogP contribution in [0.1, 0.15) is 12.0 Å². The van der Waals surface area contributed by atoms with E-state index < -0.39 is 0 Å². The molecule has 0 saturated heterocycles. The summed E-state index contributed by atoms with van der Waals surface area (Å²) < 4.78 is 5.31. The van der Waals surface area contributed by atoms with Crippen molar-refractivity contribution in [3.63, 3.8) is 0 Å². The molecule has 5 nitrogen and oxygen atoms in total. The molecule has 4 N–H and O–H groups in total. The first-order valence-corrected chi connectivity index (χ1v) is 6.79. The summed E-state index contributed by atoms with van der Waals surface area (Å²) >= 11 is 0. The highest BCUT2D eigenvalue weighted by Gasteiger charge is 2.17. The van der Waals surface area contributed by atoms with Gasteiger partial charge in [-0.15, -0.1) is 0 Å². The largest absolute Gasteiger partial charge is 0.495 e. The summed E-state index contributed by atoms with van der Waals surface area (Å²) in [6, 6.07) is 11.4. The Hall–Kier alpha value is -2.69. The molecule has 1 heterocycles. The van der Waals surface area contributed by atoms with Crippen LogP contribution in [0, 0.1) is 0 Å². The fourth-order valence-corrected chi connectivity index (χ4v) is 2.45. The Labute approximate surface area is 123 Å². The number of carbonyl (C=O) groups excluding carboxylic acids is 1. The molecule has 0 saturated carbocycles. The zero-order valence-electron chi connectivity index (χ0n) is 11.8. The van der Waals surface area contributed by atoms with Gasteiger partial charge in [-0.05, 0) is 36.2 Å². The quantitative estimate of drug-likeness (QED) is 0.757. The molecule has 2 aromatic carbocycles. The van der Waals surface area contributed by atoms with Gasteiger partial charge in [0.15, 0.2) is 0 Å². The summed E-state index contributed by atoms with van der Waals surface area (Å²) in [7, 11) is 1.62. The highest BCUT2D eigenvalue weighted by atomic mass is 16.5. The molecule has 0 fully saturated rings. The predicted molar refractivity (Wildman–Crippen MR) is 84.1 cm³/mol. The Balaban J connectivity index is 1.95. The van der Waals surface area contributed by atoms with Gasteiger partial charge >= 0.3 is 0 Å². The van der Waals surface area contributed by atoms with Crippen LogP contribution >= 0.6 is 0 Å². The number of methoxy groups -OCH3 is 1. The lowest BCUT2D eigenvalue weighted by atomic mass is 10.0. The van der Waals surface area contributed by atoms with E-state index in [1.54, 1.807) is 7.11 Å². The van der Waals surface area contributed by atoms with Crippen LogP contribution in [0.3, 0.4) is 0 Å². The van der Waals surface area contributed by atoms with Crippen LogP contribution in [-0.2, 0) is 11.2 Å². The van der Waals surface area contributed by atoms with Gasteiger partial charge in [0, 0.05) is 12.1 Å². The average Bonchev–Trinajstić information content (AvgIpc) is 2.49. The van der Waals surface area contributed by atoms with Gasteiger partial charge in [0.05, 0.1) is 24.2 Å². The smallest absolute Gasteiger partial charge is 0.224 e. The number of carbonyl (C=O) groups is 1. The fourth-order valence-electron chi connectivity index (χ4n) is 2.45. The molecule has 0 aromatic heterocycles. The van der Waals surface area contributed by atoms with Crippen molar-refractivity contribution in [1.82, 2.24) is 0 Å². The second-order valence-electron chi connectivity index (χ2n) is 4.97. The summed E-state index contributed by atoms with van der Waals surface area (Å²) in [5, 5.41) is 6.13. The number of nitrogen functional groups attached to an aromatic ring is 1. The molecule has 3 rings (SSSR count). The Morgan fingerprint density at radius 2 is 2.00 bits per heavy atom. The number of para-hydroxylation sites is 2. The fraction of sp³-hybridized carbons (Fsp3) is 0.188. The molecule has 0 atom stereocenters. The summed E-state index contributed by atoms with van der Waals surface area (Å²) in [5.74, 6) is 0.772. The SMILES string of the molecule is COc1ccccc1Nc1cc2c(cc1N)CCC(=O)N2. The molecule has 21 heavy (non-hydrogen) atoms. The molecule has 5 heteroatoms. The van der Waals surface area contributed by atoms with Crippen LogP contribution < -0.4 is 21.1 Å². The van der Waals surface area contributed by atoms with Crippen LogP contribution in [0.15, 0.2) is 36.4 Å². The highest BCUT2D eigenvalue weighted by molar-refractivity contribution is 5.96. The molecule has 0 unspecified atom stereocenters. The van der Waals surface area contributed by atoms with Gasteiger partial charge in [0.2, 0.25) is 5.91 Å². The van der Waals surface area contributed by atoms with E-state index in [1.165, 1.54) is 0 Å². The lowest BCUT2D eigenvalue weighted by Crippen LogP contribution is -2.19. The number of anilines is 4. The van der Waals surface area contributed by atoms with Gasteiger partial charge in [-0.2, -0.15) is 0 Å². The van der Waals surface area contributed by atoms with Crippen molar-refractivity contribution in [2.24, 2.45) is 0 Å². The molecule has 1 aliphatic heterocycles. The maximum Gasteiger partial charge on any atom is 0.224 e. The normalized spacial score (nSPS) is 13.3. The molecule has 2 aromatic rings. The third-order valence-corrected chi connectivity index (χ3v) is 3.55. The molecule has 0 radical (unpaired) electrons. The Bertz CT molecular complexity index is 698. The van der Waals surface area contributed by atoms with Crippen LogP contribution in [0.25, 0.3) is 0 Å². The summed E-state index contributed by atoms with van der Waals surface area (Å²) in [5.41, 5.74) is 10.2. The van der Waals surface area contributed by atoms with Crippen molar-refractivity contribution in [2.45, 2.75) is 12.8 Å². The lowest BCUT2D eigenvalue weighted by Gasteiger charge is -2.20. The van der Waals surface area contributed by atoms with Gasteiger partial charge < -0.3 is 21.1 Å². The van der Waals surface area contributed by atoms with Crippen molar-refractivity contribution in [1.29, 1.82) is 0 Å². The van der Waals surface area contributed by atoms with Gasteiger partial charge in [0.25, 0.3) is 0 Å². The number of hydrogen-bond donors (Lipinski definition) is 3. The van der Waals surface area contributed by atoms with Crippen molar-refractivity contribution in [3.05, 3.63) is 42.0 Å². The molecule has 108 valence electrons. The molecule has 1 amide bonds. The number of fused-ring (bicyclic) bond motifs is 1. The zero-order valence-corrected chi connectivity index (χ0v) is 11.8. The molecular weight excluding hydrogens is 266 g/mol. The number of ether oxygens (including phenoxy) is 1. The summed E-state index contributed by atoms with van der Waals surface area (Å²) in [4.78, 5) is 11.5. The second-order valence-corrected chi connectivity index (χ2v) is 4.97. The van der Waals surface area contributed by atoms with Crippen molar-refractivity contribution < 1.29 is 9.53 Å². The summed E-state index contributed by atoms with van der Waals surface area (Å²) in [6.45, 7) is 0. The first kappa shape index (κ1) is 13.3. The number of hydrogen-bond acceptors (Lipinski definition) is 4. The van der Waals surface area contributed by atoms with Crippen LogP contribution in [-0.4, -0.2) is 13.0 Å². The Morgan fingerprint density at radius 1 is 1.19 bits per heavy atom. The van der Waals surface area contributed by atoms with E-state index in [2.05, 4.69) is 10.6 Å². The lowest BCUT2D eigenvalue weighted by molar-refractivity contribution is -0.116. The van der Waals surface area contributed by atoms with Gasteiger partial charge in [-0.1, -0.05) is 12.1 Å². The number of nitrogens with two attached hydrogens (primary N) is 1. The number of nitrogens with one attached hydrogen (secondary N) is 2. The zero-order chi connectivity index (χ0) is 14.8. The molecule has 1 aliphatic rings. The van der Waals surface area contributed by atoms with Crippen molar-refractivity contribution in [3.8, 4) is 5.75 Å². The van der Waals surface area contributed by atoms with Gasteiger partial charge in [-0.3, -0.25) is 4.79 Å².